The maximum atomic E-state index is 5.68. The number of oxazole rings is 1. The molecule has 0 aliphatic carbocycles. The van der Waals surface area contributed by atoms with Crippen LogP contribution >= 0.6 is 0 Å². The van der Waals surface area contributed by atoms with Crippen molar-refractivity contribution in [2.45, 2.75) is 84.0 Å². The van der Waals surface area contributed by atoms with E-state index in [1.165, 1.54) is 57.8 Å². The molecule has 0 fully saturated rings. The Kier molecular flexibility index (Phi) is 7.07. The molecule has 0 atom stereocenters. The van der Waals surface area contributed by atoms with Gasteiger partial charge in [-0.3, -0.25) is 0 Å². The molecule has 0 aliphatic heterocycles. The molecule has 0 saturated heterocycles. The van der Waals surface area contributed by atoms with E-state index in [4.69, 9.17) is 4.42 Å². The number of rotatable bonds is 10. The molecule has 1 aromatic rings. The normalized spacial score (nSPS) is 11.9. The first-order valence-electron chi connectivity index (χ1n) is 7.69. The van der Waals surface area contributed by atoms with E-state index in [0.29, 0.717) is 0 Å². The molecule has 0 amide bonds. The summed E-state index contributed by atoms with van der Waals surface area (Å²) in [7, 11) is 0. The monoisotopic (exact) mass is 251 g/mol. The van der Waals surface area contributed by atoms with E-state index in [1.54, 1.807) is 12.5 Å². The fourth-order valence-corrected chi connectivity index (χ4v) is 2.73. The fraction of sp³-hybridized carbons (Fsp3) is 0.812. The van der Waals surface area contributed by atoms with Gasteiger partial charge in [-0.15, -0.1) is 0 Å². The summed E-state index contributed by atoms with van der Waals surface area (Å²) < 4.78 is 5.68. The van der Waals surface area contributed by atoms with Gasteiger partial charge in [-0.25, -0.2) is 4.98 Å². The Hall–Kier alpha value is -0.790. The number of hydrogen-bond acceptors (Lipinski definition) is 2. The number of aromatic nitrogens is 1. The maximum Gasteiger partial charge on any atom is 0.200 e. The lowest BCUT2D eigenvalue weighted by atomic mass is 9.74. The lowest BCUT2D eigenvalue weighted by molar-refractivity contribution is 0.245. The third kappa shape index (κ3) is 4.15. The second-order valence-corrected chi connectivity index (χ2v) is 5.43. The van der Waals surface area contributed by atoms with Crippen LogP contribution in [-0.2, 0) is 5.41 Å². The van der Waals surface area contributed by atoms with E-state index in [9.17, 15) is 0 Å². The molecule has 0 N–H and O–H groups in total. The van der Waals surface area contributed by atoms with Crippen LogP contribution in [0.25, 0.3) is 0 Å². The first-order valence-corrected chi connectivity index (χ1v) is 7.69. The molecule has 1 rings (SSSR count). The third-order valence-electron chi connectivity index (χ3n) is 3.91. The van der Waals surface area contributed by atoms with Crippen LogP contribution in [0.1, 0.15) is 84.4 Å². The molecule has 0 aliphatic rings. The van der Waals surface area contributed by atoms with E-state index < -0.39 is 0 Å². The molecule has 104 valence electrons. The van der Waals surface area contributed by atoms with Crippen molar-refractivity contribution in [3.05, 3.63) is 18.4 Å². The van der Waals surface area contributed by atoms with Crippen LogP contribution in [0, 0.1) is 0 Å². The Morgan fingerprint density at radius 2 is 1.44 bits per heavy atom. The van der Waals surface area contributed by atoms with Crippen molar-refractivity contribution >= 4 is 0 Å². The van der Waals surface area contributed by atoms with Crippen LogP contribution in [0.15, 0.2) is 16.9 Å². The zero-order valence-corrected chi connectivity index (χ0v) is 12.4. The molecule has 0 radical (unpaired) electrons. The molecule has 2 nitrogen and oxygen atoms in total. The van der Waals surface area contributed by atoms with Gasteiger partial charge in [0.25, 0.3) is 0 Å². The Morgan fingerprint density at radius 3 is 1.78 bits per heavy atom. The highest BCUT2D eigenvalue weighted by Gasteiger charge is 2.34. The molecule has 1 aromatic heterocycles. The summed E-state index contributed by atoms with van der Waals surface area (Å²) in [5, 5.41) is 0. The van der Waals surface area contributed by atoms with Gasteiger partial charge in [-0.05, 0) is 19.3 Å². The van der Waals surface area contributed by atoms with Crippen LogP contribution in [0.5, 0.6) is 0 Å². The lowest BCUT2D eigenvalue weighted by Gasteiger charge is -2.31. The predicted molar refractivity (Wildman–Crippen MR) is 76.8 cm³/mol. The molecular weight excluding hydrogens is 222 g/mol. The first kappa shape index (κ1) is 15.3. The van der Waals surface area contributed by atoms with E-state index in [2.05, 4.69) is 25.8 Å². The molecular formula is C16H29NO. The number of unbranched alkanes of at least 4 members (excludes halogenated alkanes) is 3. The quantitative estimate of drug-likeness (QED) is 0.550. The zero-order valence-electron chi connectivity index (χ0n) is 12.4. The summed E-state index contributed by atoms with van der Waals surface area (Å²) >= 11 is 0. The van der Waals surface area contributed by atoms with E-state index >= 15 is 0 Å². The van der Waals surface area contributed by atoms with Gasteiger partial charge in [0.2, 0.25) is 0 Å². The molecule has 0 saturated carbocycles. The van der Waals surface area contributed by atoms with Crippen LogP contribution in [-0.4, -0.2) is 4.98 Å². The third-order valence-corrected chi connectivity index (χ3v) is 3.91. The van der Waals surface area contributed by atoms with Crippen molar-refractivity contribution < 1.29 is 4.42 Å². The van der Waals surface area contributed by atoms with Gasteiger partial charge >= 0.3 is 0 Å². The van der Waals surface area contributed by atoms with Crippen LogP contribution in [0.2, 0.25) is 0 Å². The Balaban J connectivity index is 2.84. The minimum atomic E-state index is 0.200. The summed E-state index contributed by atoms with van der Waals surface area (Å²) in [6.07, 6.45) is 14.8. The average molecular weight is 251 g/mol. The molecule has 0 unspecified atom stereocenters. The Bertz CT molecular complexity index is 270. The average Bonchev–Trinajstić information content (AvgIpc) is 2.93. The van der Waals surface area contributed by atoms with Crippen LogP contribution < -0.4 is 0 Å². The van der Waals surface area contributed by atoms with Crippen molar-refractivity contribution in [3.8, 4) is 0 Å². The molecule has 0 bridgehead atoms. The van der Waals surface area contributed by atoms with Gasteiger partial charge in [0.05, 0.1) is 6.20 Å². The van der Waals surface area contributed by atoms with E-state index in [1.807, 2.05) is 0 Å². The van der Waals surface area contributed by atoms with Gasteiger partial charge in [-0.2, -0.15) is 0 Å². The van der Waals surface area contributed by atoms with Crippen LogP contribution in [0.3, 0.4) is 0 Å². The predicted octanol–water partition coefficient (Wildman–Crippen LogP) is 5.48. The summed E-state index contributed by atoms with van der Waals surface area (Å²) in [5.74, 6) is 0.984. The van der Waals surface area contributed by atoms with Crippen molar-refractivity contribution in [1.29, 1.82) is 0 Å². The largest absolute Gasteiger partial charge is 0.448 e. The summed E-state index contributed by atoms with van der Waals surface area (Å²) in [6.45, 7) is 6.79. The summed E-state index contributed by atoms with van der Waals surface area (Å²) in [5.41, 5.74) is 0.200. The molecule has 2 heteroatoms. The molecule has 1 heterocycles. The topological polar surface area (TPSA) is 26.0 Å². The minimum absolute atomic E-state index is 0.200. The van der Waals surface area contributed by atoms with Gasteiger partial charge in [0.1, 0.15) is 6.26 Å². The highest BCUT2D eigenvalue weighted by molar-refractivity contribution is 5.04. The minimum Gasteiger partial charge on any atom is -0.448 e. The second kappa shape index (κ2) is 8.34. The molecule has 18 heavy (non-hydrogen) atoms. The first-order chi connectivity index (χ1) is 8.79. The number of hydrogen-bond donors (Lipinski definition) is 0. The second-order valence-electron chi connectivity index (χ2n) is 5.43. The standard InChI is InChI=1S/C16H29NO/c1-4-7-10-16(11-8-5-2,12-9-6-3)15-17-13-14-18-15/h13-14H,4-12H2,1-3H3. The van der Waals surface area contributed by atoms with E-state index in [0.717, 1.165) is 5.89 Å². The van der Waals surface area contributed by atoms with Gasteiger partial charge in [-0.1, -0.05) is 59.3 Å². The molecule has 0 aromatic carbocycles. The smallest absolute Gasteiger partial charge is 0.200 e. The van der Waals surface area contributed by atoms with Crippen molar-refractivity contribution in [2.75, 3.05) is 0 Å². The van der Waals surface area contributed by atoms with Gasteiger partial charge in [0, 0.05) is 5.41 Å². The van der Waals surface area contributed by atoms with Gasteiger partial charge < -0.3 is 4.42 Å². The van der Waals surface area contributed by atoms with Crippen molar-refractivity contribution in [3.63, 3.8) is 0 Å². The Morgan fingerprint density at radius 1 is 0.944 bits per heavy atom. The van der Waals surface area contributed by atoms with Crippen molar-refractivity contribution in [1.82, 2.24) is 4.98 Å². The highest BCUT2D eigenvalue weighted by atomic mass is 16.3. The molecule has 0 spiro atoms. The summed E-state index contributed by atoms with van der Waals surface area (Å²) in [4.78, 5) is 4.48. The van der Waals surface area contributed by atoms with Gasteiger partial charge in [0.15, 0.2) is 5.89 Å². The lowest BCUT2D eigenvalue weighted by Crippen LogP contribution is -2.27. The highest BCUT2D eigenvalue weighted by Crippen LogP contribution is 2.39. The Labute approximate surface area is 112 Å². The SMILES string of the molecule is CCCCC(CCCC)(CCCC)c1ncco1. The maximum absolute atomic E-state index is 5.68. The zero-order chi connectivity index (χ0) is 13.3. The number of nitrogens with zero attached hydrogens (tertiary/aromatic N) is 1. The van der Waals surface area contributed by atoms with Crippen molar-refractivity contribution in [2.24, 2.45) is 0 Å². The fourth-order valence-electron chi connectivity index (χ4n) is 2.73. The summed E-state index contributed by atoms with van der Waals surface area (Å²) in [6, 6.07) is 0. The van der Waals surface area contributed by atoms with Crippen LogP contribution in [0.4, 0.5) is 0 Å². The van der Waals surface area contributed by atoms with E-state index in [-0.39, 0.29) is 5.41 Å².